The van der Waals surface area contributed by atoms with Gasteiger partial charge in [-0.15, -0.1) is 0 Å². The Balaban J connectivity index is 3.16. The van der Waals surface area contributed by atoms with Crippen molar-refractivity contribution in [2.75, 3.05) is 5.32 Å². The number of primary amides is 1. The summed E-state index contributed by atoms with van der Waals surface area (Å²) in [4.78, 5) is 31.7. The monoisotopic (exact) mass is 253 g/mol. The number of nitro groups is 1. The molecule has 1 amide bonds. The Morgan fingerprint density at radius 2 is 2.11 bits per heavy atom. The molecule has 8 heteroatoms. The van der Waals surface area contributed by atoms with Crippen molar-refractivity contribution >= 4 is 23.3 Å². The van der Waals surface area contributed by atoms with Crippen molar-refractivity contribution in [2.45, 2.75) is 13.0 Å². The topological polar surface area (TPSA) is 136 Å². The van der Waals surface area contributed by atoms with E-state index in [0.717, 1.165) is 12.1 Å². The Bertz CT molecular complexity index is 514. The molecule has 0 aromatic heterocycles. The number of benzene rings is 1. The lowest BCUT2D eigenvalue weighted by Gasteiger charge is -2.13. The van der Waals surface area contributed by atoms with Crippen LogP contribution in [0.2, 0.25) is 0 Å². The molecule has 0 heterocycles. The Kier molecular flexibility index (Phi) is 3.82. The molecule has 0 radical (unpaired) electrons. The molecule has 8 nitrogen and oxygen atoms in total. The number of carbonyl (C=O) groups is 2. The zero-order chi connectivity index (χ0) is 13.9. The first kappa shape index (κ1) is 13.4. The number of carbonyl (C=O) groups excluding carboxylic acids is 1. The molecule has 0 bridgehead atoms. The van der Waals surface area contributed by atoms with E-state index in [1.165, 1.54) is 13.0 Å². The minimum Gasteiger partial charge on any atom is -0.478 e. The fourth-order valence-corrected chi connectivity index (χ4v) is 1.25. The van der Waals surface area contributed by atoms with Gasteiger partial charge in [-0.3, -0.25) is 14.9 Å². The van der Waals surface area contributed by atoms with Gasteiger partial charge in [-0.25, -0.2) is 4.79 Å². The molecule has 0 aliphatic carbocycles. The lowest BCUT2D eigenvalue weighted by atomic mass is 10.1. The van der Waals surface area contributed by atoms with Gasteiger partial charge in [0.2, 0.25) is 5.91 Å². The molecule has 0 aliphatic heterocycles. The van der Waals surface area contributed by atoms with Crippen LogP contribution < -0.4 is 11.1 Å². The highest BCUT2D eigenvalue weighted by atomic mass is 16.6. The molecule has 0 saturated carbocycles. The normalized spacial score (nSPS) is 11.6. The van der Waals surface area contributed by atoms with Crippen LogP contribution in [-0.2, 0) is 4.79 Å². The van der Waals surface area contributed by atoms with Gasteiger partial charge in [-0.2, -0.15) is 0 Å². The Morgan fingerprint density at radius 1 is 1.50 bits per heavy atom. The van der Waals surface area contributed by atoms with Gasteiger partial charge in [-0.05, 0) is 13.0 Å². The quantitative estimate of drug-likeness (QED) is 0.518. The first-order valence-corrected chi connectivity index (χ1v) is 4.90. The van der Waals surface area contributed by atoms with Crippen molar-refractivity contribution in [1.29, 1.82) is 0 Å². The van der Waals surface area contributed by atoms with Crippen molar-refractivity contribution in [2.24, 2.45) is 5.73 Å². The second kappa shape index (κ2) is 5.13. The van der Waals surface area contributed by atoms with Crippen LogP contribution in [0, 0.1) is 10.1 Å². The minimum absolute atomic E-state index is 0.0967. The number of nitrogens with two attached hydrogens (primary N) is 1. The predicted octanol–water partition coefficient (Wildman–Crippen LogP) is 0.579. The van der Waals surface area contributed by atoms with Crippen molar-refractivity contribution in [1.82, 2.24) is 0 Å². The average Bonchev–Trinajstić information content (AvgIpc) is 2.28. The van der Waals surface area contributed by atoms with Crippen molar-refractivity contribution < 1.29 is 19.6 Å². The number of anilines is 1. The van der Waals surface area contributed by atoms with E-state index in [0.29, 0.717) is 0 Å². The van der Waals surface area contributed by atoms with Crippen LogP contribution in [-0.4, -0.2) is 27.9 Å². The second-order valence-electron chi connectivity index (χ2n) is 3.56. The molecule has 0 fully saturated rings. The van der Waals surface area contributed by atoms with Crippen molar-refractivity contribution in [3.8, 4) is 0 Å². The fraction of sp³-hybridized carbons (Fsp3) is 0.200. The van der Waals surface area contributed by atoms with Gasteiger partial charge in [0, 0.05) is 17.8 Å². The number of carboxylic acid groups (broad SMARTS) is 1. The summed E-state index contributed by atoms with van der Waals surface area (Å²) in [6.07, 6.45) is 0. The summed E-state index contributed by atoms with van der Waals surface area (Å²) in [5.74, 6) is -2.00. The van der Waals surface area contributed by atoms with E-state index < -0.39 is 22.8 Å². The van der Waals surface area contributed by atoms with Crippen LogP contribution in [0.25, 0.3) is 0 Å². The van der Waals surface area contributed by atoms with E-state index in [1.807, 2.05) is 0 Å². The SMILES string of the molecule is CC(Nc1ccc([N+](=O)[O-])cc1C(=O)O)C(N)=O. The number of amides is 1. The van der Waals surface area contributed by atoms with Crippen LogP contribution in [0.4, 0.5) is 11.4 Å². The summed E-state index contributed by atoms with van der Waals surface area (Å²) in [5, 5.41) is 22.1. The Hall–Kier alpha value is -2.64. The lowest BCUT2D eigenvalue weighted by Crippen LogP contribution is -2.33. The molecule has 96 valence electrons. The largest absolute Gasteiger partial charge is 0.478 e. The molecule has 1 unspecified atom stereocenters. The molecule has 0 aliphatic rings. The lowest BCUT2D eigenvalue weighted by molar-refractivity contribution is -0.384. The van der Waals surface area contributed by atoms with Crippen molar-refractivity contribution in [3.63, 3.8) is 0 Å². The number of carboxylic acids is 1. The van der Waals surface area contributed by atoms with E-state index in [9.17, 15) is 19.7 Å². The number of hydrogen-bond acceptors (Lipinski definition) is 5. The van der Waals surface area contributed by atoms with Crippen LogP contribution in [0.15, 0.2) is 18.2 Å². The third-order valence-electron chi connectivity index (χ3n) is 2.24. The second-order valence-corrected chi connectivity index (χ2v) is 3.56. The number of nitro benzene ring substituents is 1. The maximum Gasteiger partial charge on any atom is 0.338 e. The zero-order valence-electron chi connectivity index (χ0n) is 9.41. The van der Waals surface area contributed by atoms with E-state index in [-0.39, 0.29) is 16.9 Å². The predicted molar refractivity (Wildman–Crippen MR) is 62.3 cm³/mol. The summed E-state index contributed by atoms with van der Waals surface area (Å²) in [6.45, 7) is 1.45. The number of nitrogens with zero attached hydrogens (tertiary/aromatic N) is 1. The van der Waals surface area contributed by atoms with Crippen molar-refractivity contribution in [3.05, 3.63) is 33.9 Å². The highest BCUT2D eigenvalue weighted by Crippen LogP contribution is 2.22. The smallest absolute Gasteiger partial charge is 0.338 e. The number of nitrogens with one attached hydrogen (secondary N) is 1. The van der Waals surface area contributed by atoms with Gasteiger partial charge < -0.3 is 16.2 Å². The number of hydrogen-bond donors (Lipinski definition) is 3. The summed E-state index contributed by atoms with van der Waals surface area (Å²) < 4.78 is 0. The number of non-ortho nitro benzene ring substituents is 1. The van der Waals surface area contributed by atoms with Crippen LogP contribution in [0.1, 0.15) is 17.3 Å². The summed E-state index contributed by atoms with van der Waals surface area (Å²) in [7, 11) is 0. The third kappa shape index (κ3) is 2.94. The number of aromatic carboxylic acids is 1. The Morgan fingerprint density at radius 3 is 2.56 bits per heavy atom. The molecule has 18 heavy (non-hydrogen) atoms. The van der Waals surface area contributed by atoms with E-state index in [1.54, 1.807) is 0 Å². The van der Waals surface area contributed by atoms with Crippen LogP contribution in [0.3, 0.4) is 0 Å². The fourth-order valence-electron chi connectivity index (χ4n) is 1.25. The van der Waals surface area contributed by atoms with Gasteiger partial charge in [0.25, 0.3) is 5.69 Å². The minimum atomic E-state index is -1.34. The zero-order valence-corrected chi connectivity index (χ0v) is 9.41. The Labute approximate surface area is 102 Å². The molecule has 1 atom stereocenters. The summed E-state index contributed by atoms with van der Waals surface area (Å²) in [5.41, 5.74) is 4.49. The molecule has 0 saturated heterocycles. The molecule has 1 aromatic carbocycles. The van der Waals surface area contributed by atoms with Gasteiger partial charge in [0.1, 0.15) is 6.04 Å². The maximum absolute atomic E-state index is 11.0. The van der Waals surface area contributed by atoms with E-state index >= 15 is 0 Å². The van der Waals surface area contributed by atoms with E-state index in [4.69, 9.17) is 10.8 Å². The average molecular weight is 253 g/mol. The summed E-state index contributed by atoms with van der Waals surface area (Å²) >= 11 is 0. The molecular formula is C10H11N3O5. The van der Waals surface area contributed by atoms with Crippen LogP contribution in [0.5, 0.6) is 0 Å². The van der Waals surface area contributed by atoms with E-state index in [2.05, 4.69) is 5.32 Å². The first-order chi connectivity index (χ1) is 8.32. The highest BCUT2D eigenvalue weighted by Gasteiger charge is 2.18. The van der Waals surface area contributed by atoms with Gasteiger partial charge in [0.05, 0.1) is 10.5 Å². The summed E-state index contributed by atoms with van der Waals surface area (Å²) in [6, 6.07) is 2.49. The molecular weight excluding hydrogens is 242 g/mol. The standard InChI is InChI=1S/C10H11N3O5/c1-5(9(11)14)12-8-3-2-6(13(17)18)4-7(8)10(15)16/h2-5,12H,1H3,(H2,11,14)(H,15,16). The first-order valence-electron chi connectivity index (χ1n) is 4.90. The number of rotatable bonds is 5. The molecule has 4 N–H and O–H groups in total. The third-order valence-corrected chi connectivity index (χ3v) is 2.24. The maximum atomic E-state index is 11.0. The molecule has 1 rings (SSSR count). The molecule has 0 spiro atoms. The molecule has 1 aromatic rings. The highest BCUT2D eigenvalue weighted by molar-refractivity contribution is 5.96. The van der Waals surface area contributed by atoms with Gasteiger partial charge in [0.15, 0.2) is 0 Å². The van der Waals surface area contributed by atoms with Gasteiger partial charge >= 0.3 is 5.97 Å². The van der Waals surface area contributed by atoms with Crippen LogP contribution >= 0.6 is 0 Å². The van der Waals surface area contributed by atoms with Gasteiger partial charge in [-0.1, -0.05) is 0 Å².